The molecule has 4 aromatic rings. The number of aryl methyl sites for hydroxylation is 2. The summed E-state index contributed by atoms with van der Waals surface area (Å²) in [5.74, 6) is -1.16. The number of nitrogens with zero attached hydrogens (tertiary/aromatic N) is 5. The minimum atomic E-state index is -1.37. The summed E-state index contributed by atoms with van der Waals surface area (Å²) in [4.78, 5) is 19.4. The Bertz CT molecular complexity index is 1690. The number of halogens is 1. The highest BCUT2D eigenvalue weighted by atomic mass is 19.1. The van der Waals surface area contributed by atoms with Gasteiger partial charge in [0.05, 0.1) is 18.8 Å². The molecule has 11 nitrogen and oxygen atoms in total. The van der Waals surface area contributed by atoms with Crippen LogP contribution in [-0.4, -0.2) is 70.3 Å². The summed E-state index contributed by atoms with van der Waals surface area (Å²) < 4.78 is 40.4. The third-order valence-corrected chi connectivity index (χ3v) is 7.66. The van der Waals surface area contributed by atoms with Crippen LogP contribution in [-0.2, 0) is 27.7 Å². The number of likely N-dealkylation sites (N-methyl/N-ethyl adjacent to an activating group) is 1. The lowest BCUT2D eigenvalue weighted by molar-refractivity contribution is -0.160. The number of carboxylic acids is 1. The van der Waals surface area contributed by atoms with E-state index in [0.29, 0.717) is 71.3 Å². The standard InChI is InChI=1S/C31H38FN5O6/c1-16-18-10-9-12-41-25(18)21(32)14-19(16)24-20-15-22(28-34-35-30(42-28)36(6)11-13-40-8)37(7)27(20)33-17(2)23(24)26(29(38)39)43-31(3,4)5/h14-15,26H,9-13H2,1-8H3,(H,38,39)/t26-/m0/s1. The van der Waals surface area contributed by atoms with Gasteiger partial charge in [-0.15, -0.1) is 5.10 Å². The van der Waals surface area contributed by atoms with Crippen LogP contribution in [0.3, 0.4) is 0 Å². The van der Waals surface area contributed by atoms with Gasteiger partial charge < -0.3 is 33.2 Å². The van der Waals surface area contributed by atoms with Crippen molar-refractivity contribution in [3.8, 4) is 28.5 Å². The maximum atomic E-state index is 15.6. The molecule has 1 aromatic carbocycles. The Morgan fingerprint density at radius 3 is 2.67 bits per heavy atom. The second-order valence-electron chi connectivity index (χ2n) is 11.9. The highest BCUT2D eigenvalue weighted by Gasteiger charge is 2.35. The fourth-order valence-corrected chi connectivity index (χ4v) is 5.57. The number of hydrogen-bond donors (Lipinski definition) is 1. The van der Waals surface area contributed by atoms with E-state index in [1.54, 1.807) is 39.7 Å². The molecule has 1 aliphatic heterocycles. The normalized spacial score (nSPS) is 14.1. The van der Waals surface area contributed by atoms with E-state index in [1.807, 2.05) is 31.7 Å². The molecule has 1 atom stereocenters. The Hall–Kier alpha value is -4.03. The van der Waals surface area contributed by atoms with Gasteiger partial charge in [0, 0.05) is 55.5 Å². The number of rotatable bonds is 9. The molecule has 43 heavy (non-hydrogen) atoms. The van der Waals surface area contributed by atoms with Crippen molar-refractivity contribution in [1.82, 2.24) is 19.7 Å². The average molecular weight is 596 g/mol. The third kappa shape index (κ3) is 5.68. The molecule has 0 aliphatic carbocycles. The average Bonchev–Trinajstić information content (AvgIpc) is 3.56. The summed E-state index contributed by atoms with van der Waals surface area (Å²) in [6.07, 6.45) is 0.0405. The van der Waals surface area contributed by atoms with E-state index >= 15 is 4.39 Å². The third-order valence-electron chi connectivity index (χ3n) is 7.66. The van der Waals surface area contributed by atoms with E-state index in [9.17, 15) is 9.90 Å². The molecule has 230 valence electrons. The molecule has 5 rings (SSSR count). The van der Waals surface area contributed by atoms with Crippen molar-refractivity contribution in [2.75, 3.05) is 38.8 Å². The van der Waals surface area contributed by atoms with Gasteiger partial charge in [-0.3, -0.25) is 0 Å². The van der Waals surface area contributed by atoms with Crippen LogP contribution in [0.1, 0.15) is 55.7 Å². The number of anilines is 1. The molecule has 1 N–H and O–H groups in total. The molecule has 0 unspecified atom stereocenters. The minimum Gasteiger partial charge on any atom is -0.490 e. The molecule has 0 saturated heterocycles. The molecule has 0 amide bonds. The Balaban J connectivity index is 1.80. The van der Waals surface area contributed by atoms with Crippen molar-refractivity contribution in [1.29, 1.82) is 0 Å². The van der Waals surface area contributed by atoms with E-state index < -0.39 is 23.5 Å². The minimum absolute atomic E-state index is 0.251. The quantitative estimate of drug-likeness (QED) is 0.269. The molecule has 0 spiro atoms. The number of aliphatic carboxylic acids is 1. The van der Waals surface area contributed by atoms with E-state index in [0.717, 1.165) is 17.5 Å². The second-order valence-corrected chi connectivity index (χ2v) is 11.9. The van der Waals surface area contributed by atoms with E-state index in [2.05, 4.69) is 10.2 Å². The molecule has 0 bridgehead atoms. The van der Waals surface area contributed by atoms with E-state index in [-0.39, 0.29) is 11.6 Å². The second kappa shape index (κ2) is 11.6. The number of fused-ring (bicyclic) bond motifs is 2. The predicted molar refractivity (Wildman–Crippen MR) is 159 cm³/mol. The van der Waals surface area contributed by atoms with Crippen LogP contribution in [0.5, 0.6) is 5.75 Å². The van der Waals surface area contributed by atoms with Gasteiger partial charge in [0.2, 0.25) is 0 Å². The molecule has 0 saturated carbocycles. The first-order valence-corrected chi connectivity index (χ1v) is 14.2. The number of carboxylic acid groups (broad SMARTS) is 1. The number of carbonyl (C=O) groups is 1. The summed E-state index contributed by atoms with van der Waals surface area (Å²) in [6.45, 7) is 10.5. The van der Waals surface area contributed by atoms with Crippen molar-refractivity contribution in [2.45, 2.75) is 59.2 Å². The van der Waals surface area contributed by atoms with Gasteiger partial charge in [0.1, 0.15) is 11.3 Å². The molecular weight excluding hydrogens is 557 g/mol. The summed E-state index contributed by atoms with van der Waals surface area (Å²) in [6, 6.07) is 3.57. The number of methoxy groups -OCH3 is 1. The number of benzene rings is 1. The predicted octanol–water partition coefficient (Wildman–Crippen LogP) is 5.39. The van der Waals surface area contributed by atoms with Crippen LogP contribution in [0, 0.1) is 19.7 Å². The molecule has 4 heterocycles. The van der Waals surface area contributed by atoms with Crippen molar-refractivity contribution in [3.63, 3.8) is 0 Å². The monoisotopic (exact) mass is 595 g/mol. The van der Waals surface area contributed by atoms with E-state index in [4.69, 9.17) is 23.6 Å². The molecule has 0 fully saturated rings. The number of hydrogen-bond acceptors (Lipinski definition) is 9. The van der Waals surface area contributed by atoms with Gasteiger partial charge in [0.25, 0.3) is 5.89 Å². The zero-order valence-electron chi connectivity index (χ0n) is 25.9. The van der Waals surface area contributed by atoms with Crippen LogP contribution < -0.4 is 9.64 Å². The van der Waals surface area contributed by atoms with Gasteiger partial charge in [0.15, 0.2) is 17.7 Å². The first kappa shape index (κ1) is 30.4. The molecule has 0 radical (unpaired) electrons. The topological polar surface area (TPSA) is 125 Å². The molecule has 12 heteroatoms. The highest BCUT2D eigenvalue weighted by molar-refractivity contribution is 6.01. The van der Waals surface area contributed by atoms with Crippen molar-refractivity contribution >= 4 is 23.0 Å². The summed E-state index contributed by atoms with van der Waals surface area (Å²) in [5, 5.41) is 19.5. The molecular formula is C31H38FN5O6. The first-order chi connectivity index (χ1) is 20.3. The maximum absolute atomic E-state index is 15.6. The van der Waals surface area contributed by atoms with Gasteiger partial charge in [-0.1, -0.05) is 5.10 Å². The lowest BCUT2D eigenvalue weighted by Crippen LogP contribution is -2.28. The number of pyridine rings is 1. The number of aromatic nitrogens is 4. The fourth-order valence-electron chi connectivity index (χ4n) is 5.57. The molecule has 1 aliphatic rings. The summed E-state index contributed by atoms with van der Waals surface area (Å²) >= 11 is 0. The fraction of sp³-hybridized carbons (Fsp3) is 0.484. The van der Waals surface area contributed by atoms with Crippen LogP contribution in [0.2, 0.25) is 0 Å². The lowest BCUT2D eigenvalue weighted by atomic mass is 9.86. The molecule has 3 aromatic heterocycles. The van der Waals surface area contributed by atoms with Crippen LogP contribution in [0.15, 0.2) is 16.5 Å². The first-order valence-electron chi connectivity index (χ1n) is 14.2. The van der Waals surface area contributed by atoms with Gasteiger partial charge in [-0.25, -0.2) is 14.2 Å². The largest absolute Gasteiger partial charge is 0.490 e. The van der Waals surface area contributed by atoms with Crippen molar-refractivity contribution in [3.05, 3.63) is 40.3 Å². The van der Waals surface area contributed by atoms with Crippen LogP contribution in [0.25, 0.3) is 33.7 Å². The summed E-state index contributed by atoms with van der Waals surface area (Å²) in [7, 11) is 5.26. The Kier molecular flexibility index (Phi) is 8.19. The Morgan fingerprint density at radius 2 is 2.00 bits per heavy atom. The summed E-state index contributed by atoms with van der Waals surface area (Å²) in [5.41, 5.74) is 3.81. The highest BCUT2D eigenvalue weighted by Crippen LogP contribution is 2.45. The zero-order valence-corrected chi connectivity index (χ0v) is 25.9. The van der Waals surface area contributed by atoms with Gasteiger partial charge in [-0.05, 0) is 70.7 Å². The lowest BCUT2D eigenvalue weighted by Gasteiger charge is -2.29. The van der Waals surface area contributed by atoms with E-state index in [1.165, 1.54) is 6.07 Å². The van der Waals surface area contributed by atoms with Crippen molar-refractivity contribution < 1.29 is 32.9 Å². The number of ether oxygens (including phenoxy) is 3. The van der Waals surface area contributed by atoms with Crippen molar-refractivity contribution in [2.24, 2.45) is 7.05 Å². The maximum Gasteiger partial charge on any atom is 0.337 e. The van der Waals surface area contributed by atoms with Gasteiger partial charge >= 0.3 is 12.0 Å². The van der Waals surface area contributed by atoms with Crippen LogP contribution >= 0.6 is 0 Å². The Morgan fingerprint density at radius 1 is 1.26 bits per heavy atom. The van der Waals surface area contributed by atoms with Gasteiger partial charge in [-0.2, -0.15) is 0 Å². The SMILES string of the molecule is COCCN(C)c1nnc(-c2cc3c(-c4cc(F)c5c(c4C)CCCO5)c([C@H](OC(C)(C)C)C(=O)O)c(C)nc3n2C)o1. The zero-order chi connectivity index (χ0) is 31.2. The Labute approximate surface area is 249 Å². The van der Waals surface area contributed by atoms with Crippen LogP contribution in [0.4, 0.5) is 10.4 Å². The smallest absolute Gasteiger partial charge is 0.337 e.